The second-order valence-electron chi connectivity index (χ2n) is 2.86. The molecule has 0 aromatic heterocycles. The van der Waals surface area contributed by atoms with Crippen molar-refractivity contribution in [1.82, 2.24) is 0 Å². The Morgan fingerprint density at radius 1 is 1.50 bits per heavy atom. The van der Waals surface area contributed by atoms with Gasteiger partial charge >= 0.3 is 5.97 Å². The van der Waals surface area contributed by atoms with Gasteiger partial charge in [0.1, 0.15) is 0 Å². The number of carbonyl (C=O) groups is 1. The first-order valence-electron chi connectivity index (χ1n) is 3.73. The smallest absolute Gasteiger partial charge is 0.305 e. The molecule has 0 unspecified atom stereocenters. The molecule has 0 radical (unpaired) electrons. The molecule has 2 nitrogen and oxygen atoms in total. The van der Waals surface area contributed by atoms with Crippen molar-refractivity contribution in [3.8, 4) is 0 Å². The summed E-state index contributed by atoms with van der Waals surface area (Å²) < 4.78 is 4.49. The maximum atomic E-state index is 10.6. The van der Waals surface area contributed by atoms with Crippen LogP contribution in [0.15, 0.2) is 0 Å². The van der Waals surface area contributed by atoms with Crippen molar-refractivity contribution in [3.63, 3.8) is 0 Å². The first kappa shape index (κ1) is 9.47. The Balaban J connectivity index is 3.12. The van der Waals surface area contributed by atoms with Crippen LogP contribution < -0.4 is 0 Å². The zero-order valence-corrected chi connectivity index (χ0v) is 7.02. The molecule has 10 heavy (non-hydrogen) atoms. The van der Waals surface area contributed by atoms with E-state index in [1.54, 1.807) is 0 Å². The van der Waals surface area contributed by atoms with Crippen molar-refractivity contribution < 1.29 is 9.53 Å². The topological polar surface area (TPSA) is 26.3 Å². The highest BCUT2D eigenvalue weighted by atomic mass is 16.5. The van der Waals surface area contributed by atoms with Gasteiger partial charge in [0.25, 0.3) is 0 Å². The van der Waals surface area contributed by atoms with Crippen LogP contribution in [0.5, 0.6) is 0 Å². The van der Waals surface area contributed by atoms with Crippen LogP contribution >= 0.6 is 0 Å². The minimum Gasteiger partial charge on any atom is -0.469 e. The lowest BCUT2D eigenvalue weighted by molar-refractivity contribution is -0.140. The molecule has 0 amide bonds. The molecule has 0 rings (SSSR count). The fraction of sp³-hybridized carbons (Fsp3) is 0.875. The van der Waals surface area contributed by atoms with Crippen molar-refractivity contribution in [2.45, 2.75) is 33.1 Å². The fourth-order valence-corrected chi connectivity index (χ4v) is 0.757. The van der Waals surface area contributed by atoms with Crippen LogP contribution in [0.25, 0.3) is 0 Å². The van der Waals surface area contributed by atoms with Crippen LogP contribution in [0.1, 0.15) is 33.1 Å². The molecule has 0 aromatic carbocycles. The van der Waals surface area contributed by atoms with Crippen LogP contribution in [0.2, 0.25) is 0 Å². The number of ether oxygens (including phenoxy) is 1. The molecular weight excluding hydrogens is 128 g/mol. The predicted octanol–water partition coefficient (Wildman–Crippen LogP) is 1.99. The summed E-state index contributed by atoms with van der Waals surface area (Å²) in [6.07, 6.45) is 2.62. The van der Waals surface area contributed by atoms with E-state index in [-0.39, 0.29) is 5.97 Å². The Kier molecular flexibility index (Phi) is 4.99. The highest BCUT2D eigenvalue weighted by Gasteiger charge is 2.00. The van der Waals surface area contributed by atoms with E-state index in [1.807, 2.05) is 0 Å². The molecule has 0 heterocycles. The molecule has 0 aliphatic rings. The standard InChI is InChI=1S/C8H16O2/c1-7(2)5-4-6-8(9)10-3/h7H,4-6H2,1-3H3. The lowest BCUT2D eigenvalue weighted by Gasteiger charge is -2.01. The molecule has 60 valence electrons. The number of methoxy groups -OCH3 is 1. The van der Waals surface area contributed by atoms with Crippen molar-refractivity contribution >= 4 is 5.97 Å². The minimum absolute atomic E-state index is 0.0966. The van der Waals surface area contributed by atoms with Crippen molar-refractivity contribution in [2.24, 2.45) is 5.92 Å². The SMILES string of the molecule is COC(=O)CCCC(C)C. The van der Waals surface area contributed by atoms with Crippen LogP contribution in [-0.2, 0) is 9.53 Å². The van der Waals surface area contributed by atoms with Crippen molar-refractivity contribution in [1.29, 1.82) is 0 Å². The van der Waals surface area contributed by atoms with E-state index in [1.165, 1.54) is 7.11 Å². The maximum Gasteiger partial charge on any atom is 0.305 e. The molecule has 0 spiro atoms. The summed E-state index contributed by atoms with van der Waals surface area (Å²) in [5.41, 5.74) is 0. The van der Waals surface area contributed by atoms with E-state index in [2.05, 4.69) is 18.6 Å². The Morgan fingerprint density at radius 2 is 2.10 bits per heavy atom. The zero-order valence-electron chi connectivity index (χ0n) is 7.02. The van der Waals surface area contributed by atoms with Gasteiger partial charge in [0.05, 0.1) is 7.11 Å². The Labute approximate surface area is 62.6 Å². The molecule has 0 saturated heterocycles. The third kappa shape index (κ3) is 5.60. The van der Waals surface area contributed by atoms with Gasteiger partial charge < -0.3 is 4.74 Å². The van der Waals surface area contributed by atoms with E-state index in [0.29, 0.717) is 12.3 Å². The van der Waals surface area contributed by atoms with Gasteiger partial charge in [-0.1, -0.05) is 20.3 Å². The molecule has 0 aliphatic heterocycles. The average Bonchev–Trinajstić information content (AvgIpc) is 1.87. The largest absolute Gasteiger partial charge is 0.469 e. The predicted molar refractivity (Wildman–Crippen MR) is 40.7 cm³/mol. The number of hydrogen-bond acceptors (Lipinski definition) is 2. The van der Waals surface area contributed by atoms with Crippen molar-refractivity contribution in [2.75, 3.05) is 7.11 Å². The van der Waals surface area contributed by atoms with E-state index in [4.69, 9.17) is 0 Å². The van der Waals surface area contributed by atoms with Gasteiger partial charge in [-0.25, -0.2) is 0 Å². The molecule has 0 aliphatic carbocycles. The quantitative estimate of drug-likeness (QED) is 0.564. The summed E-state index contributed by atoms with van der Waals surface area (Å²) in [5.74, 6) is 0.588. The van der Waals surface area contributed by atoms with E-state index in [0.717, 1.165) is 12.8 Å². The third-order valence-corrected chi connectivity index (χ3v) is 1.39. The van der Waals surface area contributed by atoms with Crippen LogP contribution in [0.4, 0.5) is 0 Å². The van der Waals surface area contributed by atoms with Crippen LogP contribution in [-0.4, -0.2) is 13.1 Å². The third-order valence-electron chi connectivity index (χ3n) is 1.39. The first-order valence-corrected chi connectivity index (χ1v) is 3.73. The number of hydrogen-bond donors (Lipinski definition) is 0. The molecule has 0 aromatic rings. The van der Waals surface area contributed by atoms with Gasteiger partial charge in [-0.05, 0) is 12.3 Å². The Morgan fingerprint density at radius 3 is 2.50 bits per heavy atom. The van der Waals surface area contributed by atoms with Crippen LogP contribution in [0, 0.1) is 5.92 Å². The summed E-state index contributed by atoms with van der Waals surface area (Å²) in [4.78, 5) is 10.6. The number of carbonyl (C=O) groups excluding carboxylic acids is 1. The van der Waals surface area contributed by atoms with Gasteiger partial charge in [-0.2, -0.15) is 0 Å². The monoisotopic (exact) mass is 144 g/mol. The maximum absolute atomic E-state index is 10.6. The van der Waals surface area contributed by atoms with Gasteiger partial charge in [-0.15, -0.1) is 0 Å². The lowest BCUT2D eigenvalue weighted by atomic mass is 10.1. The van der Waals surface area contributed by atoms with Gasteiger partial charge in [0.15, 0.2) is 0 Å². The summed E-state index contributed by atoms with van der Waals surface area (Å²) in [6.45, 7) is 4.30. The lowest BCUT2D eigenvalue weighted by Crippen LogP contribution is -2.00. The first-order chi connectivity index (χ1) is 4.66. The highest BCUT2D eigenvalue weighted by molar-refractivity contribution is 5.68. The zero-order chi connectivity index (χ0) is 7.98. The van der Waals surface area contributed by atoms with Gasteiger partial charge in [-0.3, -0.25) is 4.79 Å². The fourth-order valence-electron chi connectivity index (χ4n) is 0.757. The molecule has 0 bridgehead atoms. The Hall–Kier alpha value is -0.530. The number of esters is 1. The second kappa shape index (κ2) is 5.27. The molecule has 0 saturated carbocycles. The van der Waals surface area contributed by atoms with E-state index in [9.17, 15) is 4.79 Å². The van der Waals surface area contributed by atoms with Crippen LogP contribution in [0.3, 0.4) is 0 Å². The summed E-state index contributed by atoms with van der Waals surface area (Å²) in [7, 11) is 1.43. The Bertz CT molecular complexity index is 97.4. The average molecular weight is 144 g/mol. The van der Waals surface area contributed by atoms with E-state index < -0.39 is 0 Å². The molecule has 0 fully saturated rings. The molecule has 0 atom stereocenters. The molecule has 0 N–H and O–H groups in total. The summed E-state index contributed by atoms with van der Waals surface area (Å²) in [5, 5.41) is 0. The van der Waals surface area contributed by atoms with Crippen molar-refractivity contribution in [3.05, 3.63) is 0 Å². The molecular formula is C8H16O2. The summed E-state index contributed by atoms with van der Waals surface area (Å²) >= 11 is 0. The highest BCUT2D eigenvalue weighted by Crippen LogP contribution is 2.06. The van der Waals surface area contributed by atoms with E-state index >= 15 is 0 Å². The minimum atomic E-state index is -0.0966. The van der Waals surface area contributed by atoms with Gasteiger partial charge in [0.2, 0.25) is 0 Å². The second-order valence-corrected chi connectivity index (χ2v) is 2.86. The molecule has 2 heteroatoms. The number of rotatable bonds is 4. The normalized spacial score (nSPS) is 10.0. The van der Waals surface area contributed by atoms with Gasteiger partial charge in [0, 0.05) is 6.42 Å². The summed E-state index contributed by atoms with van der Waals surface area (Å²) in [6, 6.07) is 0.